The highest BCUT2D eigenvalue weighted by Gasteiger charge is 2.20. The third-order valence-electron chi connectivity index (χ3n) is 5.32. The Morgan fingerprint density at radius 1 is 0.893 bits per heavy atom. The summed E-state index contributed by atoms with van der Waals surface area (Å²) >= 11 is 0. The molecule has 0 bridgehead atoms. The Hall–Kier alpha value is -2.75. The van der Waals surface area contributed by atoms with Gasteiger partial charge in [-0.15, -0.1) is 0 Å². The lowest BCUT2D eigenvalue weighted by Gasteiger charge is -2.37. The van der Waals surface area contributed by atoms with Gasteiger partial charge in [0.25, 0.3) is 0 Å². The van der Waals surface area contributed by atoms with Gasteiger partial charge < -0.3 is 14.8 Å². The highest BCUT2D eigenvalue weighted by molar-refractivity contribution is 5.78. The number of fused-ring (bicyclic) bond motifs is 1. The van der Waals surface area contributed by atoms with Crippen molar-refractivity contribution in [2.45, 2.75) is 33.1 Å². The lowest BCUT2D eigenvalue weighted by atomic mass is 10.2. The Bertz CT molecular complexity index is 942. The van der Waals surface area contributed by atoms with E-state index in [9.17, 15) is 0 Å². The zero-order valence-corrected chi connectivity index (χ0v) is 17.0. The number of H-pyrrole nitrogens is 1. The van der Waals surface area contributed by atoms with Crippen molar-refractivity contribution in [2.75, 3.05) is 31.1 Å². The Morgan fingerprint density at radius 2 is 1.54 bits per heavy atom. The SMILES string of the molecule is C1CC1.C=C(c1nc2ccc(C)cc2[nH]1)N1CCN(c2ccc(C)cc2)CC1. The zero-order valence-electron chi connectivity index (χ0n) is 17.0. The van der Waals surface area contributed by atoms with Crippen molar-refractivity contribution < 1.29 is 0 Å². The quantitative estimate of drug-likeness (QED) is 0.689. The molecule has 1 aromatic heterocycles. The normalized spacial score (nSPS) is 15.9. The summed E-state index contributed by atoms with van der Waals surface area (Å²) in [5.74, 6) is 0.879. The van der Waals surface area contributed by atoms with Crippen LogP contribution in [0.1, 0.15) is 36.2 Å². The maximum Gasteiger partial charge on any atom is 0.154 e. The van der Waals surface area contributed by atoms with Gasteiger partial charge in [0.2, 0.25) is 0 Å². The van der Waals surface area contributed by atoms with Crippen molar-refractivity contribution in [3.8, 4) is 0 Å². The molecule has 1 N–H and O–H groups in total. The van der Waals surface area contributed by atoms with E-state index >= 15 is 0 Å². The van der Waals surface area contributed by atoms with E-state index < -0.39 is 0 Å². The number of hydrogen-bond donors (Lipinski definition) is 1. The number of rotatable bonds is 3. The van der Waals surface area contributed by atoms with Crippen molar-refractivity contribution in [1.29, 1.82) is 0 Å². The van der Waals surface area contributed by atoms with Crippen LogP contribution < -0.4 is 4.90 Å². The number of imidazole rings is 1. The second kappa shape index (κ2) is 8.09. The largest absolute Gasteiger partial charge is 0.368 e. The number of piperazine rings is 1. The van der Waals surface area contributed by atoms with Crippen LogP contribution in [0.2, 0.25) is 0 Å². The first-order chi connectivity index (χ1) is 13.6. The van der Waals surface area contributed by atoms with Crippen LogP contribution in [0.3, 0.4) is 0 Å². The highest BCUT2D eigenvalue weighted by Crippen LogP contribution is 2.23. The van der Waals surface area contributed by atoms with Crippen LogP contribution >= 0.6 is 0 Å². The van der Waals surface area contributed by atoms with E-state index in [0.717, 1.165) is 48.7 Å². The minimum Gasteiger partial charge on any atom is -0.368 e. The molecule has 0 radical (unpaired) electrons. The summed E-state index contributed by atoms with van der Waals surface area (Å²) in [4.78, 5) is 12.9. The van der Waals surface area contributed by atoms with Gasteiger partial charge in [-0.2, -0.15) is 0 Å². The molecule has 28 heavy (non-hydrogen) atoms. The number of aryl methyl sites for hydroxylation is 2. The summed E-state index contributed by atoms with van der Waals surface area (Å²) in [6.07, 6.45) is 4.50. The lowest BCUT2D eigenvalue weighted by molar-refractivity contribution is 0.366. The van der Waals surface area contributed by atoms with Crippen molar-refractivity contribution in [3.63, 3.8) is 0 Å². The molecule has 5 rings (SSSR count). The van der Waals surface area contributed by atoms with Crippen LogP contribution in [0.15, 0.2) is 49.0 Å². The summed E-state index contributed by atoms with van der Waals surface area (Å²) in [6, 6.07) is 15.1. The number of hydrogen-bond acceptors (Lipinski definition) is 3. The van der Waals surface area contributed by atoms with Crippen molar-refractivity contribution >= 4 is 22.4 Å². The topological polar surface area (TPSA) is 35.2 Å². The van der Waals surface area contributed by atoms with E-state index in [1.165, 1.54) is 36.1 Å². The smallest absolute Gasteiger partial charge is 0.154 e. The fraction of sp³-hybridized carbons (Fsp3) is 0.375. The number of nitrogens with one attached hydrogen (secondary N) is 1. The summed E-state index contributed by atoms with van der Waals surface area (Å²) in [6.45, 7) is 12.4. The molecule has 0 atom stereocenters. The van der Waals surface area contributed by atoms with E-state index in [-0.39, 0.29) is 0 Å². The average Bonchev–Trinajstić information content (AvgIpc) is 3.54. The van der Waals surface area contributed by atoms with Crippen molar-refractivity contribution in [1.82, 2.24) is 14.9 Å². The first-order valence-corrected chi connectivity index (χ1v) is 10.3. The van der Waals surface area contributed by atoms with Gasteiger partial charge in [0, 0.05) is 31.9 Å². The van der Waals surface area contributed by atoms with Gasteiger partial charge >= 0.3 is 0 Å². The molecular weight excluding hydrogens is 344 g/mol. The van der Waals surface area contributed by atoms with Crippen molar-refractivity contribution in [2.24, 2.45) is 0 Å². The molecule has 0 unspecified atom stereocenters. The molecule has 2 heterocycles. The van der Waals surface area contributed by atoms with E-state index in [2.05, 4.69) is 77.7 Å². The molecule has 2 fully saturated rings. The molecule has 4 nitrogen and oxygen atoms in total. The standard InChI is InChI=1S/C21H24N4.C3H6/c1-15-4-7-18(8-5-15)25-12-10-24(11-13-25)17(3)21-22-19-9-6-16(2)14-20(19)23-21;1-2-3-1/h4-9,14H,3,10-13H2,1-2H3,(H,22,23);1-3H2. The summed E-state index contributed by atoms with van der Waals surface area (Å²) in [5.41, 5.74) is 6.90. The van der Waals surface area contributed by atoms with Gasteiger partial charge in [-0.1, -0.05) is 49.6 Å². The van der Waals surface area contributed by atoms with Gasteiger partial charge in [0.1, 0.15) is 0 Å². The van der Waals surface area contributed by atoms with Gasteiger partial charge in [-0.3, -0.25) is 0 Å². The predicted molar refractivity (Wildman–Crippen MR) is 119 cm³/mol. The number of aromatic nitrogens is 2. The molecule has 1 aliphatic heterocycles. The van der Waals surface area contributed by atoms with Crippen molar-refractivity contribution in [3.05, 3.63) is 66.0 Å². The lowest BCUT2D eigenvalue weighted by Crippen LogP contribution is -2.45. The fourth-order valence-corrected chi connectivity index (χ4v) is 3.40. The number of nitrogens with zero attached hydrogens (tertiary/aromatic N) is 3. The Morgan fingerprint density at radius 3 is 2.18 bits per heavy atom. The molecule has 2 aliphatic rings. The van der Waals surface area contributed by atoms with E-state index in [4.69, 9.17) is 4.98 Å². The van der Waals surface area contributed by atoms with Crippen LogP contribution in [0.4, 0.5) is 5.69 Å². The minimum absolute atomic E-state index is 0.879. The second-order valence-electron chi connectivity index (χ2n) is 7.92. The number of aromatic amines is 1. The van der Waals surface area contributed by atoms with Gasteiger partial charge in [0.05, 0.1) is 16.7 Å². The number of benzene rings is 2. The molecule has 0 amide bonds. The molecule has 1 saturated carbocycles. The zero-order chi connectivity index (χ0) is 19.5. The molecule has 3 aromatic rings. The molecule has 1 aliphatic carbocycles. The summed E-state index contributed by atoms with van der Waals surface area (Å²) < 4.78 is 0. The van der Waals surface area contributed by atoms with Gasteiger partial charge in [-0.05, 0) is 43.7 Å². The molecule has 2 aromatic carbocycles. The second-order valence-corrected chi connectivity index (χ2v) is 7.92. The summed E-state index contributed by atoms with van der Waals surface area (Å²) in [5, 5.41) is 0. The fourth-order valence-electron chi connectivity index (χ4n) is 3.40. The molecule has 146 valence electrons. The maximum absolute atomic E-state index is 4.71. The van der Waals surface area contributed by atoms with Gasteiger partial charge in [-0.25, -0.2) is 4.98 Å². The Balaban J connectivity index is 0.000000586. The third-order valence-corrected chi connectivity index (χ3v) is 5.32. The predicted octanol–water partition coefficient (Wildman–Crippen LogP) is 5.14. The van der Waals surface area contributed by atoms with Crippen LogP contribution in [0.5, 0.6) is 0 Å². The monoisotopic (exact) mass is 374 g/mol. The Labute approximate surface area is 167 Å². The van der Waals surface area contributed by atoms with E-state index in [0.29, 0.717) is 0 Å². The first-order valence-electron chi connectivity index (χ1n) is 10.3. The van der Waals surface area contributed by atoms with E-state index in [1.807, 2.05) is 0 Å². The molecule has 1 saturated heterocycles. The van der Waals surface area contributed by atoms with Gasteiger partial charge in [0.15, 0.2) is 5.82 Å². The minimum atomic E-state index is 0.879. The third kappa shape index (κ3) is 4.38. The number of anilines is 1. The molecular formula is C24H30N4. The van der Waals surface area contributed by atoms with Crippen LogP contribution in [-0.4, -0.2) is 41.0 Å². The van der Waals surface area contributed by atoms with Crippen LogP contribution in [0.25, 0.3) is 16.7 Å². The highest BCUT2D eigenvalue weighted by atomic mass is 15.3. The van der Waals surface area contributed by atoms with Crippen LogP contribution in [-0.2, 0) is 0 Å². The average molecular weight is 375 g/mol. The maximum atomic E-state index is 4.71. The van der Waals surface area contributed by atoms with E-state index in [1.54, 1.807) is 0 Å². The first kappa shape index (κ1) is 18.6. The van der Waals surface area contributed by atoms with Crippen LogP contribution in [0, 0.1) is 13.8 Å². The molecule has 0 spiro atoms. The molecule has 4 heteroatoms. The summed E-state index contributed by atoms with van der Waals surface area (Å²) in [7, 11) is 0. The Kier molecular flexibility index (Phi) is 5.38.